The second kappa shape index (κ2) is 7.17. The van der Waals surface area contributed by atoms with Crippen LogP contribution in [0.3, 0.4) is 0 Å². The Bertz CT molecular complexity index is 725. The minimum atomic E-state index is -0.270. The lowest BCUT2D eigenvalue weighted by atomic mass is 10.1. The summed E-state index contributed by atoms with van der Waals surface area (Å²) in [7, 11) is 1.79. The van der Waals surface area contributed by atoms with Gasteiger partial charge in [-0.05, 0) is 35.9 Å². The van der Waals surface area contributed by atoms with Gasteiger partial charge in [-0.3, -0.25) is 14.3 Å². The van der Waals surface area contributed by atoms with Crippen LogP contribution in [-0.2, 0) is 16.6 Å². The average molecular weight is 296 g/mol. The van der Waals surface area contributed by atoms with E-state index in [4.69, 9.17) is 5.11 Å². The minimum absolute atomic E-state index is 0.166. The van der Waals surface area contributed by atoms with Gasteiger partial charge in [-0.1, -0.05) is 18.2 Å². The third kappa shape index (κ3) is 4.86. The zero-order valence-corrected chi connectivity index (χ0v) is 12.1. The van der Waals surface area contributed by atoms with E-state index in [1.54, 1.807) is 48.4 Å². The highest BCUT2D eigenvalue weighted by Gasteiger charge is 2.03. The van der Waals surface area contributed by atoms with Crippen LogP contribution in [0.1, 0.15) is 17.5 Å². The van der Waals surface area contributed by atoms with Crippen LogP contribution in [0.4, 0.5) is 0 Å². The number of aromatic nitrogens is 2. The van der Waals surface area contributed by atoms with Gasteiger partial charge in [0.1, 0.15) is 5.75 Å². The Morgan fingerprint density at radius 3 is 2.23 bits per heavy atom. The minimum Gasteiger partial charge on any atom is -0.508 e. The first-order valence-corrected chi connectivity index (χ1v) is 6.72. The van der Waals surface area contributed by atoms with Crippen LogP contribution in [0.5, 0.6) is 5.75 Å². The Kier molecular flexibility index (Phi) is 5.03. The third-order valence-electron chi connectivity index (χ3n) is 2.89. The van der Waals surface area contributed by atoms with Gasteiger partial charge in [0.25, 0.3) is 0 Å². The first-order chi connectivity index (χ1) is 10.5. The molecule has 0 aliphatic heterocycles. The maximum Gasteiger partial charge on any atom is 0.163 e. The predicted molar refractivity (Wildman–Crippen MR) is 84.0 cm³/mol. The van der Waals surface area contributed by atoms with Gasteiger partial charge < -0.3 is 5.11 Å². The molecule has 0 unspecified atom stereocenters. The smallest absolute Gasteiger partial charge is 0.163 e. The Hall–Kier alpha value is -2.95. The molecule has 1 aromatic carbocycles. The molecule has 0 bridgehead atoms. The van der Waals surface area contributed by atoms with Crippen molar-refractivity contribution in [1.82, 2.24) is 9.78 Å². The number of hydrogen-bond acceptors (Lipinski definition) is 4. The number of nitrogens with zero attached hydrogens (tertiary/aromatic N) is 2. The van der Waals surface area contributed by atoms with E-state index < -0.39 is 0 Å². The topological polar surface area (TPSA) is 72.2 Å². The van der Waals surface area contributed by atoms with E-state index in [2.05, 4.69) is 5.10 Å². The third-order valence-corrected chi connectivity index (χ3v) is 2.89. The number of phenolic OH excluding ortho intramolecular Hbond substituents is 1. The summed E-state index contributed by atoms with van der Waals surface area (Å²) < 4.78 is 1.63. The summed E-state index contributed by atoms with van der Waals surface area (Å²) >= 11 is 0. The average Bonchev–Trinajstić information content (AvgIpc) is 2.90. The molecule has 1 heterocycles. The van der Waals surface area contributed by atoms with Crippen LogP contribution in [0, 0.1) is 0 Å². The molecule has 5 heteroatoms. The highest BCUT2D eigenvalue weighted by molar-refractivity contribution is 6.10. The van der Waals surface area contributed by atoms with E-state index >= 15 is 0 Å². The molecule has 1 aromatic heterocycles. The van der Waals surface area contributed by atoms with E-state index in [-0.39, 0.29) is 23.7 Å². The van der Waals surface area contributed by atoms with Crippen molar-refractivity contribution >= 4 is 23.7 Å². The van der Waals surface area contributed by atoms with Crippen LogP contribution >= 0.6 is 0 Å². The summed E-state index contributed by atoms with van der Waals surface area (Å²) in [5.74, 6) is -0.364. The fourth-order valence-electron chi connectivity index (χ4n) is 1.78. The summed E-state index contributed by atoms with van der Waals surface area (Å²) in [4.78, 5) is 23.4. The molecule has 0 saturated heterocycles. The Balaban J connectivity index is 1.87. The molecule has 0 saturated carbocycles. The standard InChI is InChI=1S/C17H16N2O3/c1-19-12-14(11-18-19)5-9-17(22)10-16(21)8-4-13-2-6-15(20)7-3-13/h2-9,11-12,20H,10H2,1H3/b8-4+,9-5+. The summed E-state index contributed by atoms with van der Waals surface area (Å²) in [6, 6.07) is 6.43. The number of hydrogen-bond donors (Lipinski definition) is 1. The van der Waals surface area contributed by atoms with Gasteiger partial charge in [0, 0.05) is 18.8 Å². The lowest BCUT2D eigenvalue weighted by molar-refractivity contribution is -0.121. The highest BCUT2D eigenvalue weighted by Crippen LogP contribution is 2.11. The van der Waals surface area contributed by atoms with Gasteiger partial charge in [-0.25, -0.2) is 0 Å². The second-order valence-electron chi connectivity index (χ2n) is 4.81. The molecule has 0 amide bonds. The SMILES string of the molecule is Cn1cc(/C=C/C(=O)CC(=O)/C=C/c2ccc(O)cc2)cn1. The number of ketones is 2. The molecule has 0 fully saturated rings. The van der Waals surface area contributed by atoms with Gasteiger partial charge in [-0.2, -0.15) is 5.10 Å². The molecule has 112 valence electrons. The molecule has 0 spiro atoms. The van der Waals surface area contributed by atoms with Crippen LogP contribution in [-0.4, -0.2) is 26.5 Å². The molecule has 1 N–H and O–H groups in total. The molecule has 0 radical (unpaired) electrons. The summed E-state index contributed by atoms with van der Waals surface area (Å²) in [6.45, 7) is 0. The van der Waals surface area contributed by atoms with Crippen molar-refractivity contribution in [2.45, 2.75) is 6.42 Å². The molecule has 0 aliphatic rings. The maximum absolute atomic E-state index is 11.7. The first kappa shape index (κ1) is 15.4. The largest absolute Gasteiger partial charge is 0.508 e. The van der Waals surface area contributed by atoms with E-state index in [1.807, 2.05) is 0 Å². The maximum atomic E-state index is 11.7. The number of aromatic hydroxyl groups is 1. The number of rotatable bonds is 6. The van der Waals surface area contributed by atoms with Crippen molar-refractivity contribution in [3.63, 3.8) is 0 Å². The zero-order chi connectivity index (χ0) is 15.9. The van der Waals surface area contributed by atoms with Gasteiger partial charge in [0.2, 0.25) is 0 Å². The quantitative estimate of drug-likeness (QED) is 0.656. The predicted octanol–water partition coefficient (Wildman–Crippen LogP) is 2.38. The molecular formula is C17H16N2O3. The molecule has 22 heavy (non-hydrogen) atoms. The van der Waals surface area contributed by atoms with Crippen LogP contribution < -0.4 is 0 Å². The summed E-state index contributed by atoms with van der Waals surface area (Å²) in [6.07, 6.45) is 9.22. The van der Waals surface area contributed by atoms with Crippen molar-refractivity contribution in [3.8, 4) is 5.75 Å². The first-order valence-electron chi connectivity index (χ1n) is 6.72. The van der Waals surface area contributed by atoms with E-state index in [0.717, 1.165) is 11.1 Å². The van der Waals surface area contributed by atoms with Crippen molar-refractivity contribution in [2.75, 3.05) is 0 Å². The van der Waals surface area contributed by atoms with Crippen LogP contribution in [0.15, 0.2) is 48.8 Å². The Labute approximate surface area is 128 Å². The lowest BCUT2D eigenvalue weighted by Crippen LogP contribution is -2.01. The van der Waals surface area contributed by atoms with Gasteiger partial charge >= 0.3 is 0 Å². The van der Waals surface area contributed by atoms with Crippen LogP contribution in [0.2, 0.25) is 0 Å². The molecule has 2 aromatic rings. The van der Waals surface area contributed by atoms with E-state index in [0.29, 0.717) is 0 Å². The van der Waals surface area contributed by atoms with Crippen LogP contribution in [0.25, 0.3) is 12.2 Å². The van der Waals surface area contributed by atoms with Gasteiger partial charge in [-0.15, -0.1) is 0 Å². The molecule has 0 aliphatic carbocycles. The monoisotopic (exact) mass is 296 g/mol. The Morgan fingerprint density at radius 1 is 1.09 bits per heavy atom. The normalized spacial score (nSPS) is 11.3. The number of aryl methyl sites for hydroxylation is 1. The van der Waals surface area contributed by atoms with Gasteiger partial charge in [0.05, 0.1) is 12.6 Å². The fraction of sp³-hybridized carbons (Fsp3) is 0.118. The lowest BCUT2D eigenvalue weighted by Gasteiger charge is -1.94. The van der Waals surface area contributed by atoms with Crippen molar-refractivity contribution < 1.29 is 14.7 Å². The fourth-order valence-corrected chi connectivity index (χ4v) is 1.78. The highest BCUT2D eigenvalue weighted by atomic mass is 16.3. The molecule has 0 atom stereocenters. The Morgan fingerprint density at radius 2 is 1.68 bits per heavy atom. The molecule has 5 nitrogen and oxygen atoms in total. The summed E-state index contributed by atoms with van der Waals surface area (Å²) in [5, 5.41) is 13.1. The summed E-state index contributed by atoms with van der Waals surface area (Å²) in [5.41, 5.74) is 1.59. The number of carbonyl (C=O) groups excluding carboxylic acids is 2. The number of phenols is 1. The van der Waals surface area contributed by atoms with Gasteiger partial charge in [0.15, 0.2) is 11.6 Å². The molecular weight excluding hydrogens is 280 g/mol. The second-order valence-corrected chi connectivity index (χ2v) is 4.81. The number of carbonyl (C=O) groups is 2. The van der Waals surface area contributed by atoms with E-state index in [1.165, 1.54) is 24.3 Å². The van der Waals surface area contributed by atoms with Crippen molar-refractivity contribution in [2.24, 2.45) is 7.05 Å². The van der Waals surface area contributed by atoms with E-state index in [9.17, 15) is 9.59 Å². The number of allylic oxidation sites excluding steroid dienone is 2. The van der Waals surface area contributed by atoms with Crippen molar-refractivity contribution in [1.29, 1.82) is 0 Å². The zero-order valence-electron chi connectivity index (χ0n) is 12.1. The van der Waals surface area contributed by atoms with Crippen molar-refractivity contribution in [3.05, 3.63) is 59.9 Å². The number of benzene rings is 1. The molecule has 2 rings (SSSR count).